The summed E-state index contributed by atoms with van der Waals surface area (Å²) >= 11 is 1.22. The van der Waals surface area contributed by atoms with E-state index in [0.29, 0.717) is 23.8 Å². The maximum absolute atomic E-state index is 12.0. The maximum atomic E-state index is 12.0. The van der Waals surface area contributed by atoms with Gasteiger partial charge < -0.3 is 9.80 Å². The SMILES string of the molecule is CN(C)C(=O)N1CCC(CNS(=O)(=O)c2cccs2)CC1. The largest absolute Gasteiger partial charge is 0.331 e. The number of nitrogens with one attached hydrogen (secondary N) is 1. The summed E-state index contributed by atoms with van der Waals surface area (Å²) in [7, 11) is 0.0994. The van der Waals surface area contributed by atoms with E-state index in [1.165, 1.54) is 11.3 Å². The van der Waals surface area contributed by atoms with E-state index in [4.69, 9.17) is 0 Å². The van der Waals surface area contributed by atoms with E-state index in [-0.39, 0.29) is 11.9 Å². The number of hydrogen-bond donors (Lipinski definition) is 1. The van der Waals surface area contributed by atoms with E-state index in [0.717, 1.165) is 12.8 Å². The van der Waals surface area contributed by atoms with Gasteiger partial charge in [-0.2, -0.15) is 0 Å². The monoisotopic (exact) mass is 331 g/mol. The summed E-state index contributed by atoms with van der Waals surface area (Å²) in [6.07, 6.45) is 1.65. The second kappa shape index (κ2) is 6.76. The molecule has 2 rings (SSSR count). The third-order valence-corrected chi connectivity index (χ3v) is 6.41. The lowest BCUT2D eigenvalue weighted by Gasteiger charge is -2.33. The number of sulfonamides is 1. The molecule has 1 aromatic heterocycles. The van der Waals surface area contributed by atoms with E-state index in [1.807, 2.05) is 4.90 Å². The van der Waals surface area contributed by atoms with Crippen molar-refractivity contribution in [3.8, 4) is 0 Å². The lowest BCUT2D eigenvalue weighted by molar-refractivity contribution is 0.148. The van der Waals surface area contributed by atoms with Crippen LogP contribution in [0.5, 0.6) is 0 Å². The Hall–Kier alpha value is -1.12. The number of hydrogen-bond acceptors (Lipinski definition) is 4. The molecule has 0 aromatic carbocycles. The van der Waals surface area contributed by atoms with Crippen LogP contribution in [-0.2, 0) is 10.0 Å². The Bertz CT molecular complexity index is 561. The van der Waals surface area contributed by atoms with E-state index < -0.39 is 10.0 Å². The van der Waals surface area contributed by atoms with Crippen molar-refractivity contribution in [2.45, 2.75) is 17.1 Å². The van der Waals surface area contributed by atoms with Gasteiger partial charge in [0.05, 0.1) is 0 Å². The van der Waals surface area contributed by atoms with Crippen LogP contribution in [0.2, 0.25) is 0 Å². The summed E-state index contributed by atoms with van der Waals surface area (Å²) in [5.74, 6) is 0.283. The molecule has 0 atom stereocenters. The highest BCUT2D eigenvalue weighted by molar-refractivity contribution is 7.91. The van der Waals surface area contributed by atoms with E-state index >= 15 is 0 Å². The second-order valence-corrected chi connectivity index (χ2v) is 8.33. The highest BCUT2D eigenvalue weighted by atomic mass is 32.2. The topological polar surface area (TPSA) is 69.7 Å². The van der Waals surface area contributed by atoms with Gasteiger partial charge in [-0.3, -0.25) is 0 Å². The summed E-state index contributed by atoms with van der Waals surface area (Å²) in [5, 5.41) is 1.75. The van der Waals surface area contributed by atoms with Gasteiger partial charge in [-0.05, 0) is 30.2 Å². The molecule has 1 aliphatic heterocycles. The zero-order valence-corrected chi connectivity index (χ0v) is 13.9. The number of likely N-dealkylation sites (tertiary alicyclic amines) is 1. The number of urea groups is 1. The van der Waals surface area contributed by atoms with Gasteiger partial charge in [0.2, 0.25) is 10.0 Å². The van der Waals surface area contributed by atoms with Gasteiger partial charge in [-0.25, -0.2) is 17.9 Å². The summed E-state index contributed by atoms with van der Waals surface area (Å²) in [6, 6.07) is 3.35. The average molecular weight is 331 g/mol. The minimum absolute atomic E-state index is 0.0209. The summed E-state index contributed by atoms with van der Waals surface area (Å²) in [5.41, 5.74) is 0. The summed E-state index contributed by atoms with van der Waals surface area (Å²) < 4.78 is 27.1. The van der Waals surface area contributed by atoms with Gasteiger partial charge in [0.15, 0.2) is 0 Å². The molecule has 2 heterocycles. The minimum atomic E-state index is -3.38. The molecule has 118 valence electrons. The highest BCUT2D eigenvalue weighted by Crippen LogP contribution is 2.19. The molecule has 1 saturated heterocycles. The third-order valence-electron chi connectivity index (χ3n) is 3.59. The Morgan fingerprint density at radius 2 is 2.10 bits per heavy atom. The van der Waals surface area contributed by atoms with Crippen LogP contribution < -0.4 is 4.72 Å². The number of piperidine rings is 1. The number of carbonyl (C=O) groups is 1. The molecular weight excluding hydrogens is 310 g/mol. The lowest BCUT2D eigenvalue weighted by atomic mass is 9.97. The van der Waals surface area contributed by atoms with Crippen molar-refractivity contribution in [1.82, 2.24) is 14.5 Å². The molecule has 2 amide bonds. The van der Waals surface area contributed by atoms with Crippen molar-refractivity contribution in [3.63, 3.8) is 0 Å². The molecule has 0 saturated carbocycles. The molecular formula is C13H21N3O3S2. The lowest BCUT2D eigenvalue weighted by Crippen LogP contribution is -2.45. The zero-order valence-electron chi connectivity index (χ0n) is 12.3. The fourth-order valence-electron chi connectivity index (χ4n) is 2.33. The fourth-order valence-corrected chi connectivity index (χ4v) is 4.48. The Morgan fingerprint density at radius 1 is 1.43 bits per heavy atom. The van der Waals surface area contributed by atoms with Crippen molar-refractivity contribution in [3.05, 3.63) is 17.5 Å². The van der Waals surface area contributed by atoms with Gasteiger partial charge >= 0.3 is 6.03 Å². The van der Waals surface area contributed by atoms with E-state index in [2.05, 4.69) is 4.72 Å². The van der Waals surface area contributed by atoms with Gasteiger partial charge in [-0.1, -0.05) is 6.07 Å². The van der Waals surface area contributed by atoms with Crippen LogP contribution in [0.4, 0.5) is 4.79 Å². The molecule has 0 bridgehead atoms. The third kappa shape index (κ3) is 4.18. The van der Waals surface area contributed by atoms with Gasteiger partial charge in [-0.15, -0.1) is 11.3 Å². The zero-order chi connectivity index (χ0) is 15.5. The molecule has 21 heavy (non-hydrogen) atoms. The second-order valence-electron chi connectivity index (χ2n) is 5.39. The molecule has 1 fully saturated rings. The first kappa shape index (κ1) is 16.3. The molecule has 6 nitrogen and oxygen atoms in total. The van der Waals surface area contributed by atoms with Crippen LogP contribution in [0.1, 0.15) is 12.8 Å². The molecule has 1 aliphatic rings. The predicted octanol–water partition coefficient (Wildman–Crippen LogP) is 1.42. The van der Waals surface area contributed by atoms with Crippen molar-refractivity contribution in [1.29, 1.82) is 0 Å². The van der Waals surface area contributed by atoms with Crippen molar-refractivity contribution in [2.24, 2.45) is 5.92 Å². The molecule has 0 unspecified atom stereocenters. The van der Waals surface area contributed by atoms with Crippen LogP contribution in [0.15, 0.2) is 21.7 Å². The Labute approximate surface area is 129 Å². The first-order chi connectivity index (χ1) is 9.90. The first-order valence-electron chi connectivity index (χ1n) is 6.89. The van der Waals surface area contributed by atoms with Crippen LogP contribution in [0, 0.1) is 5.92 Å². The minimum Gasteiger partial charge on any atom is -0.331 e. The van der Waals surface area contributed by atoms with Crippen LogP contribution >= 0.6 is 11.3 Å². The summed E-state index contributed by atoms with van der Waals surface area (Å²) in [6.45, 7) is 1.80. The van der Waals surface area contributed by atoms with Gasteiger partial charge in [0, 0.05) is 33.7 Å². The van der Waals surface area contributed by atoms with Gasteiger partial charge in [0.1, 0.15) is 4.21 Å². The van der Waals surface area contributed by atoms with Crippen molar-refractivity contribution in [2.75, 3.05) is 33.7 Å². The predicted molar refractivity (Wildman–Crippen MR) is 82.9 cm³/mol. The molecule has 1 N–H and O–H groups in total. The molecule has 8 heteroatoms. The van der Waals surface area contributed by atoms with Crippen molar-refractivity contribution < 1.29 is 13.2 Å². The highest BCUT2D eigenvalue weighted by Gasteiger charge is 2.25. The van der Waals surface area contributed by atoms with Crippen LogP contribution in [0.3, 0.4) is 0 Å². The van der Waals surface area contributed by atoms with Crippen LogP contribution in [0.25, 0.3) is 0 Å². The number of thiophene rings is 1. The smallest absolute Gasteiger partial charge is 0.319 e. The first-order valence-corrected chi connectivity index (χ1v) is 9.26. The molecule has 0 radical (unpaired) electrons. The average Bonchev–Trinajstić information content (AvgIpc) is 3.00. The van der Waals surface area contributed by atoms with E-state index in [1.54, 1.807) is 36.5 Å². The fraction of sp³-hybridized carbons (Fsp3) is 0.615. The van der Waals surface area contributed by atoms with Gasteiger partial charge in [0.25, 0.3) is 0 Å². The van der Waals surface area contributed by atoms with Crippen LogP contribution in [-0.4, -0.2) is 58.0 Å². The molecule has 1 aromatic rings. The normalized spacial score (nSPS) is 17.0. The number of amides is 2. The van der Waals surface area contributed by atoms with E-state index in [9.17, 15) is 13.2 Å². The standard InChI is InChI=1S/C13H21N3O3S2/c1-15(2)13(17)16-7-5-11(6-8-16)10-14-21(18,19)12-4-3-9-20-12/h3-4,9,11,14H,5-8,10H2,1-2H3. The molecule has 0 aliphatic carbocycles. The Balaban J connectivity index is 1.81. The Kier molecular flexibility index (Phi) is 5.23. The van der Waals surface area contributed by atoms with Crippen molar-refractivity contribution >= 4 is 27.4 Å². The Morgan fingerprint density at radius 3 is 2.62 bits per heavy atom. The number of carbonyl (C=O) groups excluding carboxylic acids is 1. The number of rotatable bonds is 4. The summed E-state index contributed by atoms with van der Waals surface area (Å²) in [4.78, 5) is 15.2. The molecule has 0 spiro atoms. The quantitative estimate of drug-likeness (QED) is 0.907. The maximum Gasteiger partial charge on any atom is 0.319 e. The number of nitrogens with zero attached hydrogens (tertiary/aromatic N) is 2.